The van der Waals surface area contributed by atoms with Crippen molar-refractivity contribution in [1.82, 2.24) is 15.3 Å². The Bertz CT molecular complexity index is 920. The summed E-state index contributed by atoms with van der Waals surface area (Å²) in [7, 11) is 0. The first-order valence-corrected chi connectivity index (χ1v) is 7.42. The Kier molecular flexibility index (Phi) is 6.04. The van der Waals surface area contributed by atoms with Gasteiger partial charge in [-0.05, 0) is 0 Å². The molecule has 1 aliphatic heterocycles. The number of rotatable bonds is 6. The van der Waals surface area contributed by atoms with E-state index in [9.17, 15) is 24.0 Å². The summed E-state index contributed by atoms with van der Waals surface area (Å²) in [6.07, 6.45) is 4.94. The van der Waals surface area contributed by atoms with Gasteiger partial charge < -0.3 is 19.8 Å². The molecule has 0 bridgehead atoms. The number of H-pyrrole nitrogens is 2. The summed E-state index contributed by atoms with van der Waals surface area (Å²) in [4.78, 5) is 60.8. The molecule has 0 radical (unpaired) electrons. The van der Waals surface area contributed by atoms with E-state index in [0.717, 1.165) is 18.3 Å². The van der Waals surface area contributed by atoms with Crippen LogP contribution < -0.4 is 21.3 Å². The lowest BCUT2D eigenvalue weighted by Gasteiger charge is -2.15. The molecule has 0 saturated carbocycles. The van der Waals surface area contributed by atoms with E-state index in [1.54, 1.807) is 6.08 Å². The van der Waals surface area contributed by atoms with E-state index in [2.05, 4.69) is 21.6 Å². The molecule has 0 aliphatic carbocycles. The summed E-state index contributed by atoms with van der Waals surface area (Å²) < 4.78 is 9.52. The lowest BCUT2D eigenvalue weighted by Crippen LogP contribution is -2.27. The SMILES string of the molecule is C=C1CC=C(CCOC(=O)/C=C/C(=O)Oc2c[nH]c(=O)[nH]c2=O)C(=O)N1. The van der Waals surface area contributed by atoms with Crippen molar-refractivity contribution < 1.29 is 23.9 Å². The number of carbonyl (C=O) groups is 3. The van der Waals surface area contributed by atoms with Gasteiger partial charge in [0, 0.05) is 36.3 Å². The molecule has 2 rings (SSSR count). The minimum Gasteiger partial charge on any atom is -0.462 e. The third-order valence-corrected chi connectivity index (χ3v) is 3.14. The molecule has 10 heteroatoms. The fourth-order valence-corrected chi connectivity index (χ4v) is 1.91. The smallest absolute Gasteiger partial charge is 0.336 e. The van der Waals surface area contributed by atoms with Crippen molar-refractivity contribution >= 4 is 17.8 Å². The zero-order valence-corrected chi connectivity index (χ0v) is 13.5. The van der Waals surface area contributed by atoms with E-state index >= 15 is 0 Å². The highest BCUT2D eigenvalue weighted by atomic mass is 16.5. The number of carbonyl (C=O) groups excluding carboxylic acids is 3. The molecule has 26 heavy (non-hydrogen) atoms. The number of aromatic nitrogens is 2. The number of esters is 2. The van der Waals surface area contributed by atoms with Gasteiger partial charge in [0.15, 0.2) is 0 Å². The number of hydrogen-bond acceptors (Lipinski definition) is 7. The van der Waals surface area contributed by atoms with E-state index in [4.69, 9.17) is 4.74 Å². The van der Waals surface area contributed by atoms with Crippen LogP contribution in [0.4, 0.5) is 0 Å². The number of aromatic amines is 2. The van der Waals surface area contributed by atoms with Gasteiger partial charge in [-0.3, -0.25) is 14.6 Å². The van der Waals surface area contributed by atoms with Crippen LogP contribution in [0.2, 0.25) is 0 Å². The van der Waals surface area contributed by atoms with E-state index < -0.39 is 28.9 Å². The fraction of sp³-hybridized carbons (Fsp3) is 0.188. The first-order valence-electron chi connectivity index (χ1n) is 7.42. The van der Waals surface area contributed by atoms with Crippen molar-refractivity contribution in [1.29, 1.82) is 0 Å². The third kappa shape index (κ3) is 5.44. The minimum atomic E-state index is -1.01. The first-order chi connectivity index (χ1) is 12.3. The lowest BCUT2D eigenvalue weighted by atomic mass is 10.1. The van der Waals surface area contributed by atoms with Crippen molar-refractivity contribution in [3.63, 3.8) is 0 Å². The summed E-state index contributed by atoms with van der Waals surface area (Å²) in [5.41, 5.74) is -0.566. The molecule has 0 aromatic carbocycles. The highest BCUT2D eigenvalue weighted by Crippen LogP contribution is 2.12. The third-order valence-electron chi connectivity index (χ3n) is 3.14. The lowest BCUT2D eigenvalue weighted by molar-refractivity contribution is -0.138. The minimum absolute atomic E-state index is 0.0520. The molecule has 1 amide bonds. The van der Waals surface area contributed by atoms with Crippen molar-refractivity contribution in [2.45, 2.75) is 12.8 Å². The highest BCUT2D eigenvalue weighted by molar-refractivity contribution is 5.95. The maximum atomic E-state index is 11.6. The van der Waals surface area contributed by atoms with Crippen LogP contribution in [-0.4, -0.2) is 34.4 Å². The number of allylic oxidation sites excluding steroid dienone is 1. The molecule has 0 fully saturated rings. The predicted octanol–water partition coefficient (Wildman–Crippen LogP) is -0.582. The molecule has 10 nitrogen and oxygen atoms in total. The predicted molar refractivity (Wildman–Crippen MR) is 88.0 cm³/mol. The average molecular weight is 361 g/mol. The molecule has 0 atom stereocenters. The van der Waals surface area contributed by atoms with Crippen molar-refractivity contribution in [3.8, 4) is 5.75 Å². The van der Waals surface area contributed by atoms with Gasteiger partial charge in [-0.2, -0.15) is 0 Å². The number of amides is 1. The maximum Gasteiger partial charge on any atom is 0.336 e. The van der Waals surface area contributed by atoms with Crippen molar-refractivity contribution in [2.75, 3.05) is 6.61 Å². The molecule has 0 unspecified atom stereocenters. The van der Waals surface area contributed by atoms with E-state index in [-0.39, 0.29) is 18.9 Å². The zero-order chi connectivity index (χ0) is 19.1. The Morgan fingerprint density at radius 3 is 2.62 bits per heavy atom. The highest BCUT2D eigenvalue weighted by Gasteiger charge is 2.15. The molecule has 1 aliphatic rings. The molecule has 136 valence electrons. The van der Waals surface area contributed by atoms with Gasteiger partial charge >= 0.3 is 17.6 Å². The summed E-state index contributed by atoms with van der Waals surface area (Å²) in [5.74, 6) is -2.54. The monoisotopic (exact) mass is 361 g/mol. The summed E-state index contributed by atoms with van der Waals surface area (Å²) in [5, 5.41) is 2.57. The molecular weight excluding hydrogens is 346 g/mol. The number of hydrogen-bond donors (Lipinski definition) is 3. The Morgan fingerprint density at radius 2 is 1.92 bits per heavy atom. The summed E-state index contributed by atoms with van der Waals surface area (Å²) >= 11 is 0. The van der Waals surface area contributed by atoms with Gasteiger partial charge in [0.1, 0.15) is 0 Å². The van der Waals surface area contributed by atoms with Crippen LogP contribution in [0.3, 0.4) is 0 Å². The molecule has 0 spiro atoms. The van der Waals surface area contributed by atoms with Crippen LogP contribution in [0.25, 0.3) is 0 Å². The van der Waals surface area contributed by atoms with Crippen LogP contribution >= 0.6 is 0 Å². The standard InChI is InChI=1S/C16H15N3O7/c1-9-2-3-10(14(22)18-9)6-7-25-12(20)4-5-13(21)26-11-8-17-16(24)19-15(11)23/h3-5,8H,1-2,6-7H2,(H,18,22)(H2,17,19,23,24)/b5-4+. The number of ether oxygens (including phenoxy) is 2. The van der Waals surface area contributed by atoms with Gasteiger partial charge in [-0.15, -0.1) is 0 Å². The van der Waals surface area contributed by atoms with Crippen molar-refractivity contribution in [3.05, 3.63) is 63.1 Å². The van der Waals surface area contributed by atoms with Gasteiger partial charge in [-0.1, -0.05) is 12.7 Å². The Morgan fingerprint density at radius 1 is 1.19 bits per heavy atom. The van der Waals surface area contributed by atoms with Gasteiger partial charge in [0.2, 0.25) is 5.75 Å². The summed E-state index contributed by atoms with van der Waals surface area (Å²) in [6.45, 7) is 3.58. The Balaban J connectivity index is 1.79. The topological polar surface area (TPSA) is 147 Å². The normalized spacial score (nSPS) is 13.9. The van der Waals surface area contributed by atoms with Gasteiger partial charge in [-0.25, -0.2) is 14.4 Å². The first kappa shape index (κ1) is 18.6. The summed E-state index contributed by atoms with van der Waals surface area (Å²) in [6, 6.07) is 0. The Hall–Kier alpha value is -3.69. The van der Waals surface area contributed by atoms with Crippen LogP contribution in [0.5, 0.6) is 5.75 Å². The van der Waals surface area contributed by atoms with Crippen LogP contribution in [0.1, 0.15) is 12.8 Å². The van der Waals surface area contributed by atoms with E-state index in [0.29, 0.717) is 17.7 Å². The average Bonchev–Trinajstić information content (AvgIpc) is 2.57. The van der Waals surface area contributed by atoms with Crippen molar-refractivity contribution in [2.24, 2.45) is 0 Å². The van der Waals surface area contributed by atoms with E-state index in [1.807, 2.05) is 4.98 Å². The Labute approximate surface area is 146 Å². The van der Waals surface area contributed by atoms with Crippen LogP contribution in [0.15, 0.2) is 51.9 Å². The molecular formula is C16H15N3O7. The second kappa shape index (κ2) is 8.42. The van der Waals surface area contributed by atoms with Gasteiger partial charge in [0.25, 0.3) is 11.5 Å². The molecule has 1 aromatic rings. The molecule has 3 N–H and O–H groups in total. The molecule has 1 aromatic heterocycles. The largest absolute Gasteiger partial charge is 0.462 e. The molecule has 2 heterocycles. The second-order valence-corrected chi connectivity index (χ2v) is 5.10. The quantitative estimate of drug-likeness (QED) is 0.453. The maximum absolute atomic E-state index is 11.6. The fourth-order valence-electron chi connectivity index (χ4n) is 1.91. The van der Waals surface area contributed by atoms with Crippen LogP contribution in [0, 0.1) is 0 Å². The molecule has 0 saturated heterocycles. The van der Waals surface area contributed by atoms with E-state index in [1.165, 1.54) is 0 Å². The van der Waals surface area contributed by atoms with Gasteiger partial charge in [0.05, 0.1) is 12.8 Å². The number of nitrogens with one attached hydrogen (secondary N) is 3. The zero-order valence-electron chi connectivity index (χ0n) is 13.5. The second-order valence-electron chi connectivity index (χ2n) is 5.10. The van der Waals surface area contributed by atoms with Crippen LogP contribution in [-0.2, 0) is 19.1 Å².